The van der Waals surface area contributed by atoms with E-state index in [1.807, 2.05) is 0 Å². The van der Waals surface area contributed by atoms with Crippen LogP contribution in [0, 0.1) is 6.92 Å². The lowest BCUT2D eigenvalue weighted by Crippen LogP contribution is -2.54. The first kappa shape index (κ1) is 29.3. The first-order chi connectivity index (χ1) is 17.3. The Labute approximate surface area is 215 Å². The fourth-order valence-electron chi connectivity index (χ4n) is 4.14. The Morgan fingerprint density at radius 3 is 1.87 bits per heavy atom. The normalized spacial score (nSPS) is 15.6. The van der Waals surface area contributed by atoms with Crippen LogP contribution in [0.3, 0.4) is 0 Å². The summed E-state index contributed by atoms with van der Waals surface area (Å²) in [6, 6.07) is 5.83. The third-order valence-corrected chi connectivity index (χ3v) is 6.74. The lowest BCUT2D eigenvalue weighted by molar-refractivity contribution is -1.16. The maximum absolute atomic E-state index is 13.6. The molecule has 208 valence electrons. The molecule has 4 N–H and O–H groups in total. The van der Waals surface area contributed by atoms with Gasteiger partial charge in [-0.25, -0.2) is 9.69 Å². The van der Waals surface area contributed by atoms with Gasteiger partial charge in [-0.3, -0.25) is 4.79 Å². The van der Waals surface area contributed by atoms with Crippen molar-refractivity contribution in [1.82, 2.24) is 0 Å². The zero-order chi connectivity index (χ0) is 28.8. The van der Waals surface area contributed by atoms with Crippen LogP contribution in [0.5, 0.6) is 5.75 Å². The topological polar surface area (TPSA) is 81.6 Å². The van der Waals surface area contributed by atoms with Crippen LogP contribution < -0.4 is 10.6 Å². The number of alkyl halides is 6. The van der Waals surface area contributed by atoms with Crippen molar-refractivity contribution in [2.45, 2.75) is 19.5 Å². The van der Waals surface area contributed by atoms with E-state index in [0.717, 1.165) is 14.1 Å². The van der Waals surface area contributed by atoms with Gasteiger partial charge in [0.05, 0.1) is 38.3 Å². The van der Waals surface area contributed by atoms with Gasteiger partial charge in [-0.15, -0.1) is 26.3 Å². The summed E-state index contributed by atoms with van der Waals surface area (Å²) in [5.74, 6) is -0.939. The van der Waals surface area contributed by atoms with Crippen LogP contribution in [0.2, 0.25) is 0 Å². The van der Waals surface area contributed by atoms with Crippen molar-refractivity contribution in [1.29, 1.82) is 0 Å². The van der Waals surface area contributed by atoms with E-state index in [4.69, 9.17) is 0 Å². The Kier molecular flexibility index (Phi) is 7.54. The van der Waals surface area contributed by atoms with Crippen molar-refractivity contribution >= 4 is 22.7 Å². The highest BCUT2D eigenvalue weighted by Crippen LogP contribution is 2.45. The molecule has 1 atom stereocenters. The number of halogens is 6. The average Bonchev–Trinajstić information content (AvgIpc) is 2.77. The van der Waals surface area contributed by atoms with Crippen LogP contribution in [0.25, 0.3) is 5.57 Å². The summed E-state index contributed by atoms with van der Waals surface area (Å²) in [5, 5.41) is 25.8. The first-order valence-electron chi connectivity index (χ1n) is 11.6. The molecule has 1 aliphatic carbocycles. The van der Waals surface area contributed by atoms with Gasteiger partial charge in [-0.05, 0) is 41.8 Å². The van der Waals surface area contributed by atoms with Crippen LogP contribution in [-0.4, -0.2) is 85.1 Å². The third-order valence-electron chi connectivity index (χ3n) is 6.74. The number of likely N-dealkylation sites (N-methyl/N-ethyl adjacent to an activating group) is 2. The molecular weight excluding hydrogens is 518 g/mol. The summed E-state index contributed by atoms with van der Waals surface area (Å²) in [4.78, 5) is 13.6. The Morgan fingerprint density at radius 1 is 0.816 bits per heavy atom. The van der Waals surface area contributed by atoms with E-state index in [-0.39, 0.29) is 47.8 Å². The minimum Gasteiger partial charge on any atom is -0.507 e. The van der Waals surface area contributed by atoms with Gasteiger partial charge in [0.1, 0.15) is 25.9 Å². The Balaban J connectivity index is 2.02. The number of hydroxylamine groups is 3. The smallest absolute Gasteiger partial charge is 0.507 e. The van der Waals surface area contributed by atoms with Crippen molar-refractivity contribution in [3.8, 4) is 5.75 Å². The molecule has 0 heterocycles. The molecule has 0 aliphatic heterocycles. The molecule has 2 aromatic rings. The van der Waals surface area contributed by atoms with Gasteiger partial charge in [0.25, 0.3) is 0 Å². The fraction of sp³-hybridized carbons (Fsp3) is 0.400. The number of carbonyl (C=O) groups excluding carboxylic acids is 1. The molecule has 0 bridgehead atoms. The monoisotopic (exact) mass is 548 g/mol. The second-order valence-corrected chi connectivity index (χ2v) is 9.93. The zero-order valence-electron chi connectivity index (χ0n) is 21.3. The van der Waals surface area contributed by atoms with E-state index in [0.29, 0.717) is 29.4 Å². The molecule has 0 saturated carbocycles. The van der Waals surface area contributed by atoms with Gasteiger partial charge in [0.15, 0.2) is 5.78 Å². The molecule has 0 saturated heterocycles. The number of phenols is 1. The Morgan fingerprint density at radius 2 is 1.34 bits per heavy atom. The zero-order valence-corrected chi connectivity index (χ0v) is 21.3. The van der Waals surface area contributed by atoms with Crippen molar-refractivity contribution < 1.29 is 50.6 Å². The standard InChI is InChI=1S/C25H28F6N4O3/c1-14-6-9-18(36)22-19(14)15(2)20-16(32-10-12-34(3,4)24(26,27)28)7-8-17(21(20)23(22)37)33-11-13-35(5,38)25(29,30)31/h6-9,32,38H,2,10-13H2,1,3-5H3/p+2. The Hall–Kier alpha value is -3.29. The van der Waals surface area contributed by atoms with Gasteiger partial charge in [-0.2, -0.15) is 0 Å². The Bertz CT molecular complexity index is 1170. The molecule has 1 aliphatic rings. The van der Waals surface area contributed by atoms with Gasteiger partial charge in [-0.1, -0.05) is 17.3 Å². The number of anilines is 2. The van der Waals surface area contributed by atoms with Crippen molar-refractivity contribution in [2.75, 3.05) is 58.0 Å². The lowest BCUT2D eigenvalue weighted by atomic mass is 9.78. The molecule has 0 spiro atoms. The fourth-order valence-corrected chi connectivity index (χ4v) is 4.14. The highest BCUT2D eigenvalue weighted by atomic mass is 19.4. The summed E-state index contributed by atoms with van der Waals surface area (Å²) in [6.45, 7) is 4.17. The van der Waals surface area contributed by atoms with Gasteiger partial charge in [0.2, 0.25) is 0 Å². The molecule has 38 heavy (non-hydrogen) atoms. The summed E-state index contributed by atoms with van der Waals surface area (Å²) < 4.78 is 75.5. The number of benzene rings is 2. The SMILES string of the molecule is C=C1c2c(C)ccc(O)c2C(=O)c2c(NCC[N+](C)(O)C(F)(F)F)ccc(NCC[N+](C)(C)C(F)(F)F)c21. The average molecular weight is 549 g/mol. The summed E-state index contributed by atoms with van der Waals surface area (Å²) in [6.07, 6.45) is -9.41. The van der Waals surface area contributed by atoms with Gasteiger partial charge < -0.3 is 15.7 Å². The number of aromatic hydroxyl groups is 1. The number of phenolic OH excluding ortho intramolecular Hbond substituents is 1. The number of carbonyl (C=O) groups is 1. The van der Waals surface area contributed by atoms with Crippen LogP contribution in [0.1, 0.15) is 32.6 Å². The number of ketones is 1. The molecule has 0 amide bonds. The third kappa shape index (κ3) is 5.31. The lowest BCUT2D eigenvalue weighted by Gasteiger charge is -2.32. The second kappa shape index (κ2) is 9.79. The summed E-state index contributed by atoms with van der Waals surface area (Å²) in [7, 11) is 2.61. The number of nitrogens with zero attached hydrogens (tertiary/aromatic N) is 2. The maximum atomic E-state index is 13.6. The number of quaternary nitrogens is 2. The molecule has 2 aromatic carbocycles. The van der Waals surface area contributed by atoms with Crippen LogP contribution in [0.15, 0.2) is 30.8 Å². The van der Waals surface area contributed by atoms with E-state index in [2.05, 4.69) is 17.2 Å². The highest BCUT2D eigenvalue weighted by Gasteiger charge is 2.52. The summed E-state index contributed by atoms with van der Waals surface area (Å²) >= 11 is 0. The predicted octanol–water partition coefficient (Wildman–Crippen LogP) is 5.08. The van der Waals surface area contributed by atoms with E-state index in [1.165, 1.54) is 18.2 Å². The number of fused-ring (bicyclic) bond motifs is 2. The molecular formula is C25H30F6N4O3+2. The first-order valence-corrected chi connectivity index (χ1v) is 11.6. The number of rotatable bonds is 8. The number of hydrogen-bond acceptors (Lipinski definition) is 5. The number of nitrogens with one attached hydrogen (secondary N) is 2. The molecule has 13 heteroatoms. The minimum atomic E-state index is -4.93. The van der Waals surface area contributed by atoms with E-state index in [1.54, 1.807) is 13.0 Å². The molecule has 0 fully saturated rings. The highest BCUT2D eigenvalue weighted by molar-refractivity contribution is 6.24. The minimum absolute atomic E-state index is 0.00266. The van der Waals surface area contributed by atoms with Gasteiger partial charge in [0, 0.05) is 16.9 Å². The van der Waals surface area contributed by atoms with Crippen molar-refractivity contribution in [3.05, 3.63) is 58.7 Å². The van der Waals surface area contributed by atoms with E-state index in [9.17, 15) is 41.5 Å². The maximum Gasteiger partial charge on any atom is 0.592 e. The predicted molar refractivity (Wildman–Crippen MR) is 130 cm³/mol. The number of hydrogen-bond donors (Lipinski definition) is 4. The van der Waals surface area contributed by atoms with Gasteiger partial charge >= 0.3 is 12.6 Å². The molecule has 1 unspecified atom stereocenters. The van der Waals surface area contributed by atoms with Crippen molar-refractivity contribution in [3.63, 3.8) is 0 Å². The molecule has 0 aromatic heterocycles. The van der Waals surface area contributed by atoms with E-state index >= 15 is 0 Å². The molecule has 3 rings (SSSR count). The van der Waals surface area contributed by atoms with Crippen LogP contribution >= 0.6 is 0 Å². The second-order valence-electron chi connectivity index (χ2n) is 9.93. The quantitative estimate of drug-likeness (QED) is 0.137. The molecule has 7 nitrogen and oxygen atoms in total. The molecule has 0 radical (unpaired) electrons. The van der Waals surface area contributed by atoms with Crippen LogP contribution in [0.4, 0.5) is 37.7 Å². The largest absolute Gasteiger partial charge is 0.592 e. The summed E-state index contributed by atoms with van der Waals surface area (Å²) in [5.41, 5.74) is 1.96. The van der Waals surface area contributed by atoms with Crippen molar-refractivity contribution in [2.24, 2.45) is 0 Å². The van der Waals surface area contributed by atoms with Crippen LogP contribution in [-0.2, 0) is 0 Å². The number of aryl methyl sites for hydroxylation is 1. The van der Waals surface area contributed by atoms with E-state index < -0.39 is 34.1 Å².